The highest BCUT2D eigenvalue weighted by atomic mass is 31.1. The molecule has 0 radical (unpaired) electrons. The molecule has 0 aliphatic carbocycles. The van der Waals surface area contributed by atoms with Gasteiger partial charge in [0.05, 0.1) is 5.44 Å². The van der Waals surface area contributed by atoms with Crippen molar-refractivity contribution in [3.8, 4) is 0 Å². The molecule has 1 aromatic rings. The van der Waals surface area contributed by atoms with Crippen LogP contribution in [0.2, 0.25) is 0 Å². The molecule has 0 spiro atoms. The van der Waals surface area contributed by atoms with Gasteiger partial charge in [0.2, 0.25) is 0 Å². The van der Waals surface area contributed by atoms with E-state index in [1.807, 2.05) is 0 Å². The lowest BCUT2D eigenvalue weighted by Crippen LogP contribution is -2.14. The van der Waals surface area contributed by atoms with Crippen LogP contribution in [0.3, 0.4) is 0 Å². The van der Waals surface area contributed by atoms with Gasteiger partial charge in [-0.05, 0) is 51.1 Å². The Morgan fingerprint density at radius 1 is 1.21 bits per heavy atom. The first-order chi connectivity index (χ1) is 6.68. The molecule has 2 heteroatoms. The molecule has 0 bridgehead atoms. The van der Waals surface area contributed by atoms with Gasteiger partial charge in [-0.15, -0.1) is 0 Å². The molecule has 2 heterocycles. The molecule has 1 aliphatic rings. The van der Waals surface area contributed by atoms with Gasteiger partial charge in [-0.25, -0.2) is 0 Å². The van der Waals surface area contributed by atoms with Crippen LogP contribution < -0.4 is 5.44 Å². The standard InChI is InChI=1S/C12H18NP/c1-9-5-4-6-12(13-9)14-10(2)7-8-11(14)3/h4-6,10-11H,7-8H2,1-3H3. The van der Waals surface area contributed by atoms with Crippen LogP contribution in [0.1, 0.15) is 32.4 Å². The summed E-state index contributed by atoms with van der Waals surface area (Å²) in [4.78, 5) is 4.68. The first-order valence-electron chi connectivity index (χ1n) is 5.40. The fourth-order valence-corrected chi connectivity index (χ4v) is 5.48. The molecule has 0 aromatic carbocycles. The maximum atomic E-state index is 4.68. The van der Waals surface area contributed by atoms with Crippen LogP contribution in [0.4, 0.5) is 0 Å². The first-order valence-corrected chi connectivity index (χ1v) is 6.88. The Balaban J connectivity index is 2.29. The average Bonchev–Trinajstić information content (AvgIpc) is 2.46. The van der Waals surface area contributed by atoms with E-state index in [0.29, 0.717) is 0 Å². The van der Waals surface area contributed by atoms with Gasteiger partial charge in [-0.2, -0.15) is 0 Å². The number of nitrogens with zero attached hydrogens (tertiary/aromatic N) is 1. The Bertz CT molecular complexity index is 314. The van der Waals surface area contributed by atoms with Gasteiger partial charge in [0, 0.05) is 5.69 Å². The number of hydrogen-bond donors (Lipinski definition) is 0. The predicted octanol–water partition coefficient (Wildman–Crippen LogP) is 3.07. The molecular weight excluding hydrogens is 189 g/mol. The molecule has 1 nitrogen and oxygen atoms in total. The minimum Gasteiger partial charge on any atom is -0.253 e. The third kappa shape index (κ3) is 1.83. The van der Waals surface area contributed by atoms with Crippen molar-refractivity contribution in [2.75, 3.05) is 0 Å². The Kier molecular flexibility index (Phi) is 2.88. The predicted molar refractivity (Wildman–Crippen MR) is 63.7 cm³/mol. The highest BCUT2D eigenvalue weighted by Crippen LogP contribution is 2.53. The van der Waals surface area contributed by atoms with Crippen molar-refractivity contribution in [3.63, 3.8) is 0 Å². The Morgan fingerprint density at radius 2 is 1.86 bits per heavy atom. The minimum atomic E-state index is 0.0100. The molecule has 1 fully saturated rings. The summed E-state index contributed by atoms with van der Waals surface area (Å²) < 4.78 is 0. The van der Waals surface area contributed by atoms with Crippen LogP contribution in [0, 0.1) is 6.92 Å². The summed E-state index contributed by atoms with van der Waals surface area (Å²) in [7, 11) is 0.0100. The molecule has 2 rings (SSSR count). The van der Waals surface area contributed by atoms with Crippen LogP contribution in [0.15, 0.2) is 18.2 Å². The van der Waals surface area contributed by atoms with Gasteiger partial charge in [-0.3, -0.25) is 4.98 Å². The van der Waals surface area contributed by atoms with Gasteiger partial charge in [0.25, 0.3) is 0 Å². The largest absolute Gasteiger partial charge is 0.253 e. The summed E-state index contributed by atoms with van der Waals surface area (Å²) in [6, 6.07) is 6.46. The molecule has 1 aliphatic heterocycles. The molecule has 76 valence electrons. The molecular formula is C12H18NP. The summed E-state index contributed by atoms with van der Waals surface area (Å²) in [5.41, 5.74) is 4.28. The van der Waals surface area contributed by atoms with Crippen molar-refractivity contribution >= 4 is 13.4 Å². The fraction of sp³-hybridized carbons (Fsp3) is 0.583. The normalized spacial score (nSPS) is 32.1. The quantitative estimate of drug-likeness (QED) is 0.645. The van der Waals surface area contributed by atoms with Gasteiger partial charge in [0.1, 0.15) is 0 Å². The van der Waals surface area contributed by atoms with Crippen molar-refractivity contribution in [2.45, 2.75) is 44.9 Å². The summed E-state index contributed by atoms with van der Waals surface area (Å²) in [5, 5.41) is 0. The number of rotatable bonds is 1. The summed E-state index contributed by atoms with van der Waals surface area (Å²) in [6.07, 6.45) is 2.78. The molecule has 0 saturated carbocycles. The van der Waals surface area contributed by atoms with Crippen molar-refractivity contribution < 1.29 is 0 Å². The average molecular weight is 207 g/mol. The zero-order valence-corrected chi connectivity index (χ0v) is 10.1. The smallest absolute Gasteiger partial charge is 0.0639 e. The number of aromatic nitrogens is 1. The van der Waals surface area contributed by atoms with Gasteiger partial charge >= 0.3 is 0 Å². The number of aryl methyl sites for hydroxylation is 1. The van der Waals surface area contributed by atoms with Crippen LogP contribution in [-0.4, -0.2) is 16.3 Å². The lowest BCUT2D eigenvalue weighted by atomic mass is 10.2. The molecule has 14 heavy (non-hydrogen) atoms. The summed E-state index contributed by atoms with van der Waals surface area (Å²) >= 11 is 0. The second kappa shape index (κ2) is 3.98. The van der Waals surface area contributed by atoms with Crippen molar-refractivity contribution in [1.82, 2.24) is 4.98 Å². The fourth-order valence-electron chi connectivity index (χ4n) is 2.32. The van der Waals surface area contributed by atoms with Gasteiger partial charge in [-0.1, -0.05) is 19.9 Å². The Hall–Kier alpha value is -0.420. The van der Waals surface area contributed by atoms with Crippen molar-refractivity contribution in [2.24, 2.45) is 0 Å². The summed E-state index contributed by atoms with van der Waals surface area (Å²) in [5.74, 6) is 0. The van der Waals surface area contributed by atoms with Gasteiger partial charge < -0.3 is 0 Å². The molecule has 1 saturated heterocycles. The second-order valence-electron chi connectivity index (χ2n) is 4.32. The molecule has 1 aromatic heterocycles. The van der Waals surface area contributed by atoms with E-state index in [2.05, 4.69) is 44.0 Å². The molecule has 2 atom stereocenters. The van der Waals surface area contributed by atoms with E-state index >= 15 is 0 Å². The molecule has 0 amide bonds. The number of hydrogen-bond acceptors (Lipinski definition) is 1. The van der Waals surface area contributed by atoms with Crippen LogP contribution >= 0.6 is 7.92 Å². The minimum absolute atomic E-state index is 0.0100. The Labute approximate surface area is 87.7 Å². The molecule has 2 unspecified atom stereocenters. The highest BCUT2D eigenvalue weighted by molar-refractivity contribution is 7.67. The van der Waals surface area contributed by atoms with E-state index in [1.54, 1.807) is 0 Å². The van der Waals surface area contributed by atoms with E-state index in [0.717, 1.165) is 17.0 Å². The maximum absolute atomic E-state index is 4.68. The third-order valence-electron chi connectivity index (χ3n) is 3.09. The Morgan fingerprint density at radius 3 is 2.43 bits per heavy atom. The van der Waals surface area contributed by atoms with Gasteiger partial charge in [0.15, 0.2) is 0 Å². The van der Waals surface area contributed by atoms with Crippen LogP contribution in [0.5, 0.6) is 0 Å². The van der Waals surface area contributed by atoms with E-state index in [1.165, 1.54) is 18.3 Å². The van der Waals surface area contributed by atoms with E-state index < -0.39 is 0 Å². The van der Waals surface area contributed by atoms with Crippen LogP contribution in [0.25, 0.3) is 0 Å². The lowest BCUT2D eigenvalue weighted by molar-refractivity contribution is 0.777. The van der Waals surface area contributed by atoms with E-state index in [9.17, 15) is 0 Å². The van der Waals surface area contributed by atoms with Crippen LogP contribution in [-0.2, 0) is 0 Å². The second-order valence-corrected chi connectivity index (χ2v) is 7.36. The topological polar surface area (TPSA) is 12.9 Å². The zero-order chi connectivity index (χ0) is 10.1. The maximum Gasteiger partial charge on any atom is 0.0639 e. The lowest BCUT2D eigenvalue weighted by Gasteiger charge is -2.20. The third-order valence-corrected chi connectivity index (χ3v) is 6.28. The van der Waals surface area contributed by atoms with E-state index in [4.69, 9.17) is 0 Å². The monoisotopic (exact) mass is 207 g/mol. The highest BCUT2D eigenvalue weighted by Gasteiger charge is 2.31. The van der Waals surface area contributed by atoms with E-state index in [-0.39, 0.29) is 7.92 Å². The number of pyridine rings is 1. The zero-order valence-electron chi connectivity index (χ0n) is 9.20. The molecule has 0 N–H and O–H groups in total. The summed E-state index contributed by atoms with van der Waals surface area (Å²) in [6.45, 7) is 6.86. The van der Waals surface area contributed by atoms with Crippen molar-refractivity contribution in [3.05, 3.63) is 23.9 Å². The van der Waals surface area contributed by atoms with Crippen molar-refractivity contribution in [1.29, 1.82) is 0 Å². The SMILES string of the molecule is Cc1cccc(P2C(C)CCC2C)n1. The first kappa shape index (κ1) is 10.1.